The van der Waals surface area contributed by atoms with E-state index in [-0.39, 0.29) is 18.0 Å². The zero-order chi connectivity index (χ0) is 20.1. The van der Waals surface area contributed by atoms with Gasteiger partial charge in [0.05, 0.1) is 12.8 Å². The minimum Gasteiger partial charge on any atom is -0.497 e. The second-order valence-corrected chi connectivity index (χ2v) is 6.68. The highest BCUT2D eigenvalue weighted by atomic mass is 35.5. The fraction of sp³-hybridized carbons (Fsp3) is 0.190. The molecule has 144 valence electrons. The van der Waals surface area contributed by atoms with Gasteiger partial charge in [-0.2, -0.15) is 0 Å². The van der Waals surface area contributed by atoms with E-state index in [4.69, 9.17) is 16.3 Å². The zero-order valence-electron chi connectivity index (χ0n) is 15.6. The molecule has 7 heteroatoms. The van der Waals surface area contributed by atoms with E-state index in [1.165, 1.54) is 10.6 Å². The van der Waals surface area contributed by atoms with E-state index in [2.05, 4.69) is 10.3 Å². The van der Waals surface area contributed by atoms with Crippen molar-refractivity contribution >= 4 is 17.5 Å². The number of ether oxygens (including phenoxy) is 1. The van der Waals surface area contributed by atoms with Gasteiger partial charge in [0.1, 0.15) is 18.1 Å². The van der Waals surface area contributed by atoms with Crippen LogP contribution in [-0.2, 0) is 17.9 Å². The summed E-state index contributed by atoms with van der Waals surface area (Å²) in [6, 6.07) is 15.9. The van der Waals surface area contributed by atoms with Gasteiger partial charge in [0.15, 0.2) is 0 Å². The lowest BCUT2D eigenvalue weighted by molar-refractivity contribution is -0.121. The van der Waals surface area contributed by atoms with Gasteiger partial charge in [0.2, 0.25) is 5.91 Å². The summed E-state index contributed by atoms with van der Waals surface area (Å²) >= 11 is 5.85. The number of carbonyl (C=O) groups excluding carboxylic acids is 1. The summed E-state index contributed by atoms with van der Waals surface area (Å²) < 4.78 is 6.56. The van der Waals surface area contributed by atoms with Crippen LogP contribution in [0.1, 0.15) is 11.4 Å². The number of nitrogens with one attached hydrogen (secondary N) is 1. The van der Waals surface area contributed by atoms with Crippen LogP contribution in [0.3, 0.4) is 0 Å². The summed E-state index contributed by atoms with van der Waals surface area (Å²) in [6.45, 7) is 1.97. The van der Waals surface area contributed by atoms with E-state index in [1.807, 2.05) is 36.4 Å². The standard InChI is InChI=1S/C21H20ClN3O3/c1-14-24-19(16-4-3-5-18(10-16)28-2)11-21(27)25(14)13-20(26)23-12-15-6-8-17(22)9-7-15/h3-11H,12-13H2,1-2H3,(H,23,26). The highest BCUT2D eigenvalue weighted by Gasteiger charge is 2.11. The minimum atomic E-state index is -0.285. The number of halogens is 1. The van der Waals surface area contributed by atoms with Crippen LogP contribution in [0.2, 0.25) is 5.02 Å². The maximum Gasteiger partial charge on any atom is 0.254 e. The summed E-state index contributed by atoms with van der Waals surface area (Å²) in [4.78, 5) is 29.3. The predicted molar refractivity (Wildman–Crippen MR) is 109 cm³/mol. The Balaban J connectivity index is 1.72. The number of nitrogens with zero attached hydrogens (tertiary/aromatic N) is 2. The van der Waals surface area contributed by atoms with Crippen LogP contribution in [0.5, 0.6) is 5.75 Å². The van der Waals surface area contributed by atoms with Crippen LogP contribution in [0.4, 0.5) is 0 Å². The Morgan fingerprint density at radius 1 is 1.18 bits per heavy atom. The number of aryl methyl sites for hydroxylation is 1. The Bertz CT molecular complexity index is 1050. The van der Waals surface area contributed by atoms with Gasteiger partial charge in [-0.1, -0.05) is 35.9 Å². The van der Waals surface area contributed by atoms with Crippen molar-refractivity contribution in [3.8, 4) is 17.0 Å². The van der Waals surface area contributed by atoms with Gasteiger partial charge < -0.3 is 10.1 Å². The van der Waals surface area contributed by atoms with Crippen molar-refractivity contribution in [3.63, 3.8) is 0 Å². The first-order valence-corrected chi connectivity index (χ1v) is 9.08. The summed E-state index contributed by atoms with van der Waals surface area (Å²) in [6.07, 6.45) is 0. The molecule has 0 aliphatic rings. The first-order chi connectivity index (χ1) is 13.5. The van der Waals surface area contributed by atoms with E-state index in [9.17, 15) is 9.59 Å². The van der Waals surface area contributed by atoms with E-state index in [1.54, 1.807) is 26.2 Å². The van der Waals surface area contributed by atoms with Crippen molar-refractivity contribution in [1.82, 2.24) is 14.9 Å². The molecule has 1 aromatic heterocycles. The molecule has 0 fully saturated rings. The Kier molecular flexibility index (Phi) is 6.11. The molecule has 0 saturated heterocycles. The maximum atomic E-state index is 12.5. The van der Waals surface area contributed by atoms with Gasteiger partial charge in [0, 0.05) is 23.2 Å². The number of aromatic nitrogens is 2. The lowest BCUT2D eigenvalue weighted by Crippen LogP contribution is -2.33. The molecule has 6 nitrogen and oxygen atoms in total. The molecule has 1 N–H and O–H groups in total. The van der Waals surface area contributed by atoms with Crippen molar-refractivity contribution in [3.05, 3.63) is 81.4 Å². The van der Waals surface area contributed by atoms with Crippen molar-refractivity contribution in [2.24, 2.45) is 0 Å². The number of rotatable bonds is 6. The average molecular weight is 398 g/mol. The van der Waals surface area contributed by atoms with Gasteiger partial charge >= 0.3 is 0 Å². The quantitative estimate of drug-likeness (QED) is 0.693. The van der Waals surface area contributed by atoms with Crippen molar-refractivity contribution < 1.29 is 9.53 Å². The topological polar surface area (TPSA) is 73.2 Å². The summed E-state index contributed by atoms with van der Waals surface area (Å²) in [5.74, 6) is 0.880. The van der Waals surface area contributed by atoms with Gasteiger partial charge in [0.25, 0.3) is 5.56 Å². The lowest BCUT2D eigenvalue weighted by Gasteiger charge is -2.12. The molecule has 0 spiro atoms. The van der Waals surface area contributed by atoms with Crippen LogP contribution < -0.4 is 15.6 Å². The largest absolute Gasteiger partial charge is 0.497 e. The highest BCUT2D eigenvalue weighted by molar-refractivity contribution is 6.30. The molecule has 1 heterocycles. The molecule has 1 amide bonds. The number of hydrogen-bond acceptors (Lipinski definition) is 4. The predicted octanol–water partition coefficient (Wildman–Crippen LogP) is 3.20. The third-order valence-electron chi connectivity index (χ3n) is 4.27. The molecule has 0 atom stereocenters. The Morgan fingerprint density at radius 3 is 2.61 bits per heavy atom. The van der Waals surface area contributed by atoms with E-state index >= 15 is 0 Å². The Labute approximate surface area is 167 Å². The van der Waals surface area contributed by atoms with Gasteiger partial charge in [-0.25, -0.2) is 4.98 Å². The van der Waals surface area contributed by atoms with E-state index in [0.29, 0.717) is 28.8 Å². The van der Waals surface area contributed by atoms with Gasteiger partial charge in [-0.15, -0.1) is 0 Å². The number of methoxy groups -OCH3 is 1. The van der Waals surface area contributed by atoms with Crippen LogP contribution in [0.15, 0.2) is 59.4 Å². The first kappa shape index (κ1) is 19.6. The smallest absolute Gasteiger partial charge is 0.254 e. The van der Waals surface area contributed by atoms with Crippen LogP contribution in [-0.4, -0.2) is 22.6 Å². The molecule has 3 aromatic rings. The van der Waals surface area contributed by atoms with Gasteiger partial charge in [-0.05, 0) is 36.8 Å². The van der Waals surface area contributed by atoms with Crippen LogP contribution in [0, 0.1) is 6.92 Å². The average Bonchev–Trinajstić information content (AvgIpc) is 2.70. The number of hydrogen-bond donors (Lipinski definition) is 1. The summed E-state index contributed by atoms with van der Waals surface area (Å²) in [7, 11) is 1.58. The zero-order valence-corrected chi connectivity index (χ0v) is 16.4. The number of amides is 1. The van der Waals surface area contributed by atoms with Crippen LogP contribution >= 0.6 is 11.6 Å². The van der Waals surface area contributed by atoms with Gasteiger partial charge in [-0.3, -0.25) is 14.2 Å². The van der Waals surface area contributed by atoms with Crippen LogP contribution in [0.25, 0.3) is 11.3 Å². The molecule has 0 aliphatic heterocycles. The Hall–Kier alpha value is -3.12. The number of benzene rings is 2. The molecular formula is C21H20ClN3O3. The summed E-state index contributed by atoms with van der Waals surface area (Å²) in [5, 5.41) is 3.44. The fourth-order valence-electron chi connectivity index (χ4n) is 2.75. The van der Waals surface area contributed by atoms with Crippen molar-refractivity contribution in [2.75, 3.05) is 7.11 Å². The molecule has 3 rings (SSSR count). The third kappa shape index (κ3) is 4.78. The lowest BCUT2D eigenvalue weighted by atomic mass is 10.1. The third-order valence-corrected chi connectivity index (χ3v) is 4.52. The summed E-state index contributed by atoms with van der Waals surface area (Å²) in [5.41, 5.74) is 1.96. The second-order valence-electron chi connectivity index (χ2n) is 6.25. The molecule has 0 saturated carbocycles. The molecule has 0 bridgehead atoms. The number of carbonyl (C=O) groups is 1. The monoisotopic (exact) mass is 397 g/mol. The molecule has 0 radical (unpaired) electrons. The SMILES string of the molecule is COc1cccc(-c2cc(=O)n(CC(=O)NCc3ccc(Cl)cc3)c(C)n2)c1. The first-order valence-electron chi connectivity index (χ1n) is 8.70. The minimum absolute atomic E-state index is 0.0936. The Morgan fingerprint density at radius 2 is 1.93 bits per heavy atom. The maximum absolute atomic E-state index is 12.5. The molecular weight excluding hydrogens is 378 g/mol. The molecule has 28 heavy (non-hydrogen) atoms. The van der Waals surface area contributed by atoms with Crippen molar-refractivity contribution in [2.45, 2.75) is 20.0 Å². The molecule has 0 aliphatic carbocycles. The highest BCUT2D eigenvalue weighted by Crippen LogP contribution is 2.21. The van der Waals surface area contributed by atoms with E-state index in [0.717, 1.165) is 11.1 Å². The molecule has 0 unspecified atom stereocenters. The van der Waals surface area contributed by atoms with E-state index < -0.39 is 0 Å². The van der Waals surface area contributed by atoms with Crippen molar-refractivity contribution in [1.29, 1.82) is 0 Å². The second kappa shape index (κ2) is 8.71. The molecule has 2 aromatic carbocycles. The normalized spacial score (nSPS) is 10.5. The fourth-order valence-corrected chi connectivity index (χ4v) is 2.87.